The average molecular weight is 420 g/mol. The summed E-state index contributed by atoms with van der Waals surface area (Å²) >= 11 is 0. The lowest BCUT2D eigenvalue weighted by Gasteiger charge is -2.35. The van der Waals surface area contributed by atoms with Crippen LogP contribution in [0.15, 0.2) is 48.5 Å². The van der Waals surface area contributed by atoms with Crippen molar-refractivity contribution in [2.45, 2.75) is 90.4 Å². The van der Waals surface area contributed by atoms with Crippen LogP contribution in [0.25, 0.3) is 0 Å². The lowest BCUT2D eigenvalue weighted by Crippen LogP contribution is -2.44. The summed E-state index contributed by atoms with van der Waals surface area (Å²) in [4.78, 5) is 0. The Morgan fingerprint density at radius 2 is 1.71 bits per heavy atom. The second-order valence-electron chi connectivity index (χ2n) is 10.7. The zero-order valence-electron chi connectivity index (χ0n) is 20.0. The molecule has 2 aromatic carbocycles. The maximum Gasteiger partial charge on any atom is 0.494 e. The van der Waals surface area contributed by atoms with Gasteiger partial charge in [-0.1, -0.05) is 49.4 Å². The summed E-state index contributed by atoms with van der Waals surface area (Å²) in [6.07, 6.45) is 5.27. The summed E-state index contributed by atoms with van der Waals surface area (Å²) in [6.45, 7) is 13.0. The number of fused-ring (bicyclic) bond motifs is 1. The highest BCUT2D eigenvalue weighted by atomic mass is 16.7. The molecule has 4 rings (SSSR count). The molecule has 2 unspecified atom stereocenters. The molecule has 31 heavy (non-hydrogen) atoms. The summed E-state index contributed by atoms with van der Waals surface area (Å²) in [7, 11) is -0.353. The Morgan fingerprint density at radius 3 is 2.39 bits per heavy atom. The van der Waals surface area contributed by atoms with Crippen molar-refractivity contribution in [3.8, 4) is 5.75 Å². The second kappa shape index (κ2) is 8.29. The molecule has 1 saturated heterocycles. The van der Waals surface area contributed by atoms with Gasteiger partial charge in [0.05, 0.1) is 11.2 Å². The van der Waals surface area contributed by atoms with Crippen molar-refractivity contribution in [2.75, 3.05) is 0 Å². The largest absolute Gasteiger partial charge is 0.494 e. The zero-order chi connectivity index (χ0) is 22.3. The number of aryl methyl sites for hydroxylation is 1. The molecular weight excluding hydrogens is 383 g/mol. The van der Waals surface area contributed by atoms with Crippen molar-refractivity contribution in [1.29, 1.82) is 0 Å². The van der Waals surface area contributed by atoms with E-state index in [1.807, 2.05) is 0 Å². The van der Waals surface area contributed by atoms with Gasteiger partial charge in [-0.25, -0.2) is 0 Å². The van der Waals surface area contributed by atoms with Crippen molar-refractivity contribution >= 4 is 12.6 Å². The molecule has 1 fully saturated rings. The lowest BCUT2D eigenvalue weighted by molar-refractivity contribution is -0.0118. The van der Waals surface area contributed by atoms with E-state index in [0.29, 0.717) is 5.92 Å². The number of hydrogen-bond donors (Lipinski definition) is 0. The van der Waals surface area contributed by atoms with Gasteiger partial charge in [0.15, 0.2) is 0 Å². The standard InChI is InChI=1S/C27H37BO3/c1-7-27(6)26(4,5)30-28(31-27)23-16-15-22-14-13-21(17-20-11-9-8-10-12-20)19-25(2,3)29-24(22)18-23/h8-12,15-16,18,21H,7,13-14,17,19H2,1-6H3. The normalized spacial score (nSPS) is 27.2. The fraction of sp³-hybridized carbons (Fsp3) is 0.556. The molecule has 0 N–H and O–H groups in total. The minimum atomic E-state index is -0.353. The first-order valence-electron chi connectivity index (χ1n) is 11.8. The summed E-state index contributed by atoms with van der Waals surface area (Å²) in [5.74, 6) is 1.59. The zero-order valence-corrected chi connectivity index (χ0v) is 20.0. The molecule has 0 aliphatic carbocycles. The van der Waals surface area contributed by atoms with Gasteiger partial charge in [-0.3, -0.25) is 0 Å². The molecule has 0 amide bonds. The molecule has 2 aliphatic heterocycles. The van der Waals surface area contributed by atoms with Crippen molar-refractivity contribution in [3.05, 3.63) is 59.7 Å². The van der Waals surface area contributed by atoms with E-state index in [0.717, 1.165) is 36.9 Å². The Hall–Kier alpha value is -1.78. The highest BCUT2D eigenvalue weighted by Crippen LogP contribution is 2.40. The van der Waals surface area contributed by atoms with Crippen molar-refractivity contribution in [1.82, 2.24) is 0 Å². The van der Waals surface area contributed by atoms with E-state index >= 15 is 0 Å². The first kappa shape index (κ1) is 22.4. The van der Waals surface area contributed by atoms with Gasteiger partial charge in [0.2, 0.25) is 0 Å². The van der Waals surface area contributed by atoms with Crippen molar-refractivity contribution < 1.29 is 14.0 Å². The van der Waals surface area contributed by atoms with Gasteiger partial charge < -0.3 is 14.0 Å². The molecule has 0 spiro atoms. The summed E-state index contributed by atoms with van der Waals surface area (Å²) in [5.41, 5.74) is 2.89. The van der Waals surface area contributed by atoms with E-state index in [4.69, 9.17) is 14.0 Å². The number of hydrogen-bond acceptors (Lipinski definition) is 3. The van der Waals surface area contributed by atoms with Crippen molar-refractivity contribution in [2.24, 2.45) is 5.92 Å². The first-order valence-corrected chi connectivity index (χ1v) is 11.8. The van der Waals surface area contributed by atoms with Gasteiger partial charge in [0.25, 0.3) is 0 Å². The van der Waals surface area contributed by atoms with Crippen LogP contribution in [-0.4, -0.2) is 23.9 Å². The van der Waals surface area contributed by atoms with Crippen LogP contribution in [0.2, 0.25) is 0 Å². The third-order valence-corrected chi connectivity index (χ3v) is 7.44. The number of benzene rings is 2. The third kappa shape index (κ3) is 4.71. The van der Waals surface area contributed by atoms with E-state index in [9.17, 15) is 0 Å². The Bertz CT molecular complexity index is 908. The monoisotopic (exact) mass is 420 g/mol. The molecule has 0 aromatic heterocycles. The minimum Gasteiger partial charge on any atom is -0.488 e. The molecule has 2 aromatic rings. The second-order valence-corrected chi connectivity index (χ2v) is 10.7. The van der Waals surface area contributed by atoms with Crippen molar-refractivity contribution in [3.63, 3.8) is 0 Å². The highest BCUT2D eigenvalue weighted by molar-refractivity contribution is 6.62. The predicted molar refractivity (Wildman–Crippen MR) is 128 cm³/mol. The molecule has 0 bridgehead atoms. The van der Waals surface area contributed by atoms with Crippen LogP contribution in [0.4, 0.5) is 0 Å². The van der Waals surface area contributed by atoms with Crippen LogP contribution < -0.4 is 10.2 Å². The highest BCUT2D eigenvalue weighted by Gasteiger charge is 2.53. The minimum absolute atomic E-state index is 0.220. The molecule has 0 radical (unpaired) electrons. The Morgan fingerprint density at radius 1 is 0.968 bits per heavy atom. The van der Waals surface area contributed by atoms with Gasteiger partial charge >= 0.3 is 7.12 Å². The van der Waals surface area contributed by atoms with Gasteiger partial charge in [0.1, 0.15) is 11.4 Å². The van der Waals surface area contributed by atoms with Crippen LogP contribution in [0.5, 0.6) is 5.75 Å². The predicted octanol–water partition coefficient (Wildman–Crippen LogP) is 5.73. The van der Waals surface area contributed by atoms with Gasteiger partial charge in [-0.05, 0) is 95.3 Å². The van der Waals surface area contributed by atoms with Gasteiger partial charge in [-0.15, -0.1) is 0 Å². The quantitative estimate of drug-likeness (QED) is 0.592. The van der Waals surface area contributed by atoms with Gasteiger partial charge in [-0.2, -0.15) is 0 Å². The SMILES string of the molecule is CCC1(C)OB(c2ccc3c(c2)OC(C)(C)CC(Cc2ccccc2)CC3)OC1(C)C. The van der Waals surface area contributed by atoms with Crippen LogP contribution in [0.3, 0.4) is 0 Å². The molecular formula is C27H37BO3. The maximum absolute atomic E-state index is 6.61. The fourth-order valence-electron chi connectivity index (χ4n) is 5.08. The van der Waals surface area contributed by atoms with E-state index in [1.165, 1.54) is 17.5 Å². The average Bonchev–Trinajstić information content (AvgIpc) is 2.95. The molecule has 2 atom stereocenters. The van der Waals surface area contributed by atoms with E-state index < -0.39 is 0 Å². The Kier molecular flexibility index (Phi) is 6.00. The molecule has 166 valence electrons. The first-order chi connectivity index (χ1) is 14.6. The molecule has 2 heterocycles. The molecule has 4 heteroatoms. The Labute approximate surface area is 188 Å². The molecule has 2 aliphatic rings. The number of rotatable bonds is 4. The molecule has 0 saturated carbocycles. The molecule has 3 nitrogen and oxygen atoms in total. The lowest BCUT2D eigenvalue weighted by atomic mass is 9.77. The van der Waals surface area contributed by atoms with E-state index in [-0.39, 0.29) is 23.9 Å². The summed E-state index contributed by atoms with van der Waals surface area (Å²) in [6, 6.07) is 17.3. The smallest absolute Gasteiger partial charge is 0.488 e. The fourth-order valence-corrected chi connectivity index (χ4v) is 5.08. The van der Waals surface area contributed by atoms with Crippen LogP contribution in [0, 0.1) is 5.92 Å². The van der Waals surface area contributed by atoms with E-state index in [2.05, 4.69) is 90.1 Å². The van der Waals surface area contributed by atoms with Crippen LogP contribution >= 0.6 is 0 Å². The van der Waals surface area contributed by atoms with Crippen LogP contribution in [0.1, 0.15) is 71.9 Å². The number of ether oxygens (including phenoxy) is 1. The third-order valence-electron chi connectivity index (χ3n) is 7.44. The summed E-state index contributed by atoms with van der Waals surface area (Å²) < 4.78 is 19.4. The van der Waals surface area contributed by atoms with E-state index in [1.54, 1.807) is 0 Å². The summed E-state index contributed by atoms with van der Waals surface area (Å²) in [5, 5.41) is 0. The van der Waals surface area contributed by atoms with Gasteiger partial charge in [0, 0.05) is 0 Å². The maximum atomic E-state index is 6.61. The Balaban J connectivity index is 1.55. The van der Waals surface area contributed by atoms with Crippen LogP contribution in [-0.2, 0) is 22.2 Å². The topological polar surface area (TPSA) is 27.7 Å².